The molecule has 2 aromatic carbocycles. The highest BCUT2D eigenvalue weighted by Gasteiger charge is 2.13. The molecule has 0 aliphatic carbocycles. The van der Waals surface area contributed by atoms with Crippen molar-refractivity contribution in [3.05, 3.63) is 67.8 Å². The lowest BCUT2D eigenvalue weighted by molar-refractivity contribution is 1.55. The molecule has 0 heterocycles. The number of fused-ring (bicyclic) bond motifs is 1. The molecule has 2 rings (SSSR count). The smallest absolute Gasteiger partial charge is 0.0942 e. The van der Waals surface area contributed by atoms with Crippen LogP contribution in [0.4, 0.5) is 0 Å². The molecule has 85 valence electrons. The lowest BCUT2D eigenvalue weighted by Gasteiger charge is -2.14. The molecule has 0 aliphatic heterocycles. The van der Waals surface area contributed by atoms with Gasteiger partial charge in [0, 0.05) is 0 Å². The normalized spacial score (nSPS) is 10.6. The lowest BCUT2D eigenvalue weighted by Crippen LogP contribution is -2.29. The van der Waals surface area contributed by atoms with Gasteiger partial charge in [-0.3, -0.25) is 0 Å². The number of hydrogen-bond acceptors (Lipinski definition) is 0. The second kappa shape index (κ2) is 5.64. The van der Waals surface area contributed by atoms with Crippen LogP contribution in [-0.2, 0) is 0 Å². The predicted molar refractivity (Wildman–Crippen MR) is 79.3 cm³/mol. The van der Waals surface area contributed by atoms with Crippen LogP contribution in [0.15, 0.2) is 67.8 Å². The largest absolute Gasteiger partial charge is 0.103 e. The fraction of sp³-hybridized carbons (Fsp3) is 0.125. The summed E-state index contributed by atoms with van der Waals surface area (Å²) >= 11 is 0. The first kappa shape index (κ1) is 11.9. The molecule has 0 spiro atoms. The first-order valence-electron chi connectivity index (χ1n) is 5.91. The van der Waals surface area contributed by atoms with E-state index in [9.17, 15) is 0 Å². The SMILES string of the molecule is C=CC[Si](CC=C)c1cccc2ccccc12. The van der Waals surface area contributed by atoms with E-state index in [0.29, 0.717) is 0 Å². The maximum absolute atomic E-state index is 3.88. The van der Waals surface area contributed by atoms with Crippen LogP contribution >= 0.6 is 0 Å². The summed E-state index contributed by atoms with van der Waals surface area (Å²) in [6.07, 6.45) is 4.08. The van der Waals surface area contributed by atoms with Crippen molar-refractivity contribution in [3.63, 3.8) is 0 Å². The summed E-state index contributed by atoms with van der Waals surface area (Å²) in [5.41, 5.74) is 0. The summed E-state index contributed by atoms with van der Waals surface area (Å²) in [6.45, 7) is 7.76. The van der Waals surface area contributed by atoms with Crippen LogP contribution in [-0.4, -0.2) is 8.80 Å². The van der Waals surface area contributed by atoms with Crippen LogP contribution in [0.25, 0.3) is 10.8 Å². The summed E-state index contributed by atoms with van der Waals surface area (Å²) < 4.78 is 0. The van der Waals surface area contributed by atoms with Gasteiger partial charge in [0.05, 0.1) is 8.80 Å². The Morgan fingerprint density at radius 3 is 2.24 bits per heavy atom. The van der Waals surface area contributed by atoms with Gasteiger partial charge < -0.3 is 0 Å². The van der Waals surface area contributed by atoms with Crippen LogP contribution in [0.3, 0.4) is 0 Å². The Kier molecular flexibility index (Phi) is 3.94. The van der Waals surface area contributed by atoms with Gasteiger partial charge >= 0.3 is 0 Å². The topological polar surface area (TPSA) is 0 Å². The molecule has 17 heavy (non-hydrogen) atoms. The number of rotatable bonds is 5. The minimum atomic E-state index is -0.585. The van der Waals surface area contributed by atoms with Gasteiger partial charge in [0.25, 0.3) is 0 Å². The summed E-state index contributed by atoms with van der Waals surface area (Å²) in [4.78, 5) is 0. The average molecular weight is 237 g/mol. The summed E-state index contributed by atoms with van der Waals surface area (Å²) in [6, 6.07) is 17.4. The van der Waals surface area contributed by atoms with Gasteiger partial charge in [-0.25, -0.2) is 0 Å². The zero-order valence-electron chi connectivity index (χ0n) is 10.0. The summed E-state index contributed by atoms with van der Waals surface area (Å²) in [7, 11) is -0.585. The average Bonchev–Trinajstić information content (AvgIpc) is 2.38. The van der Waals surface area contributed by atoms with E-state index in [1.165, 1.54) is 16.0 Å². The molecule has 0 saturated heterocycles. The van der Waals surface area contributed by atoms with Crippen molar-refractivity contribution in [2.24, 2.45) is 0 Å². The lowest BCUT2D eigenvalue weighted by atomic mass is 10.1. The molecular formula is C16H17Si. The van der Waals surface area contributed by atoms with Crippen molar-refractivity contribution in [1.82, 2.24) is 0 Å². The highest BCUT2D eigenvalue weighted by Crippen LogP contribution is 2.14. The third-order valence-corrected chi connectivity index (χ3v) is 5.71. The number of hydrogen-bond donors (Lipinski definition) is 0. The monoisotopic (exact) mass is 237 g/mol. The van der Waals surface area contributed by atoms with E-state index in [2.05, 4.69) is 55.6 Å². The summed E-state index contributed by atoms with van der Waals surface area (Å²) in [5.74, 6) is 0. The quantitative estimate of drug-likeness (QED) is 0.546. The second-order valence-electron chi connectivity index (χ2n) is 4.12. The molecule has 0 fully saturated rings. The highest BCUT2D eigenvalue weighted by molar-refractivity contribution is 6.76. The van der Waals surface area contributed by atoms with Gasteiger partial charge in [0.2, 0.25) is 0 Å². The first-order chi connectivity index (χ1) is 8.36. The second-order valence-corrected chi connectivity index (χ2v) is 6.68. The maximum Gasteiger partial charge on any atom is 0.0942 e. The van der Waals surface area contributed by atoms with Crippen molar-refractivity contribution in [1.29, 1.82) is 0 Å². The molecule has 0 aromatic heterocycles. The molecule has 0 bridgehead atoms. The number of allylic oxidation sites excluding steroid dienone is 2. The number of benzene rings is 2. The van der Waals surface area contributed by atoms with E-state index in [-0.39, 0.29) is 0 Å². The highest BCUT2D eigenvalue weighted by atomic mass is 28.3. The molecule has 0 unspecified atom stereocenters. The van der Waals surface area contributed by atoms with Crippen LogP contribution in [0.1, 0.15) is 0 Å². The van der Waals surface area contributed by atoms with E-state index >= 15 is 0 Å². The van der Waals surface area contributed by atoms with E-state index in [0.717, 1.165) is 12.1 Å². The fourth-order valence-electron chi connectivity index (χ4n) is 2.19. The Balaban J connectivity index is 2.51. The van der Waals surface area contributed by atoms with Crippen molar-refractivity contribution in [2.75, 3.05) is 0 Å². The Hall–Kier alpha value is -1.60. The zero-order chi connectivity index (χ0) is 12.1. The third-order valence-electron chi connectivity index (χ3n) is 2.95. The molecule has 0 atom stereocenters. The van der Waals surface area contributed by atoms with Crippen LogP contribution in [0, 0.1) is 0 Å². The van der Waals surface area contributed by atoms with E-state index in [1.807, 2.05) is 12.2 Å². The van der Waals surface area contributed by atoms with Crippen molar-refractivity contribution >= 4 is 24.8 Å². The van der Waals surface area contributed by atoms with Gasteiger partial charge in [0.15, 0.2) is 0 Å². The minimum absolute atomic E-state index is 0.585. The van der Waals surface area contributed by atoms with Crippen LogP contribution < -0.4 is 5.19 Å². The van der Waals surface area contributed by atoms with Gasteiger partial charge in [0.1, 0.15) is 0 Å². The van der Waals surface area contributed by atoms with Crippen molar-refractivity contribution < 1.29 is 0 Å². The molecule has 0 aliphatic rings. The maximum atomic E-state index is 3.88. The van der Waals surface area contributed by atoms with Gasteiger partial charge in [-0.15, -0.1) is 13.2 Å². The third kappa shape index (κ3) is 2.56. The fourth-order valence-corrected chi connectivity index (χ4v) is 4.43. The Bertz CT molecular complexity index is 513. The van der Waals surface area contributed by atoms with Crippen molar-refractivity contribution in [3.8, 4) is 0 Å². The van der Waals surface area contributed by atoms with Crippen LogP contribution in [0.2, 0.25) is 12.1 Å². The molecule has 0 N–H and O–H groups in total. The Morgan fingerprint density at radius 1 is 0.882 bits per heavy atom. The molecular weight excluding hydrogens is 220 g/mol. The first-order valence-corrected chi connectivity index (χ1v) is 7.83. The molecule has 2 aromatic rings. The zero-order valence-corrected chi connectivity index (χ0v) is 11.0. The van der Waals surface area contributed by atoms with E-state index in [1.54, 1.807) is 0 Å². The van der Waals surface area contributed by atoms with Crippen LogP contribution in [0.5, 0.6) is 0 Å². The molecule has 0 saturated carbocycles. The predicted octanol–water partition coefficient (Wildman–Crippen LogP) is 3.91. The van der Waals surface area contributed by atoms with Crippen molar-refractivity contribution in [2.45, 2.75) is 12.1 Å². The Labute approximate surface area is 105 Å². The molecule has 0 nitrogen and oxygen atoms in total. The molecule has 0 amide bonds. The molecule has 1 heteroatoms. The van der Waals surface area contributed by atoms with Gasteiger partial charge in [-0.1, -0.05) is 59.8 Å². The Morgan fingerprint density at radius 2 is 1.53 bits per heavy atom. The standard InChI is InChI=1S/C16H17Si/c1-3-12-17(13-4-2)16-11-7-9-14-8-5-6-10-15(14)16/h3-11H,1-2,12-13H2. The minimum Gasteiger partial charge on any atom is -0.103 e. The van der Waals surface area contributed by atoms with Gasteiger partial charge in [-0.05, 0) is 22.9 Å². The van der Waals surface area contributed by atoms with E-state index in [4.69, 9.17) is 0 Å². The molecule has 1 radical (unpaired) electrons. The van der Waals surface area contributed by atoms with Gasteiger partial charge in [-0.2, -0.15) is 0 Å². The summed E-state index contributed by atoms with van der Waals surface area (Å²) in [5, 5.41) is 4.24. The van der Waals surface area contributed by atoms with E-state index < -0.39 is 8.80 Å².